The van der Waals surface area contributed by atoms with Gasteiger partial charge in [-0.1, -0.05) is 12.1 Å². The normalized spacial score (nSPS) is 12.6. The zero-order valence-corrected chi connectivity index (χ0v) is 12.6. The van der Waals surface area contributed by atoms with Crippen LogP contribution in [0.4, 0.5) is 0 Å². The lowest BCUT2D eigenvalue weighted by molar-refractivity contribution is -0.207. The molecule has 3 N–H and O–H groups in total. The average molecular weight is 309 g/mol. The van der Waals surface area contributed by atoms with Crippen molar-refractivity contribution < 1.29 is 29.7 Å². The first kappa shape index (κ1) is 17.8. The van der Waals surface area contributed by atoms with Gasteiger partial charge in [0.15, 0.2) is 5.78 Å². The van der Waals surface area contributed by atoms with Gasteiger partial charge in [-0.05, 0) is 24.1 Å². The van der Waals surface area contributed by atoms with Crippen LogP contribution in [0.3, 0.4) is 0 Å². The minimum Gasteiger partial charge on any atom is -0.508 e. The second-order valence-corrected chi connectivity index (χ2v) is 5.08. The molecule has 0 fully saturated rings. The number of rotatable bonds is 5. The summed E-state index contributed by atoms with van der Waals surface area (Å²) in [5, 5.41) is 29.3. The molecule has 0 aliphatic rings. The number of hydrogen-bond acceptors (Lipinski definition) is 6. The summed E-state index contributed by atoms with van der Waals surface area (Å²) < 4.78 is 0. The minimum absolute atomic E-state index is 0.0149. The van der Waals surface area contributed by atoms with E-state index in [9.17, 15) is 29.7 Å². The molecule has 0 spiro atoms. The van der Waals surface area contributed by atoms with E-state index < -0.39 is 29.4 Å². The number of carbonyl (C=O) groups excluding carboxylic acids is 3. The Kier molecular flexibility index (Phi) is 5.40. The van der Waals surface area contributed by atoms with Crippen LogP contribution >= 0.6 is 0 Å². The first-order chi connectivity index (χ1) is 10.1. The Labute approximate surface area is 127 Å². The van der Waals surface area contributed by atoms with Crippen molar-refractivity contribution in [3.05, 3.63) is 29.8 Å². The highest BCUT2D eigenvalue weighted by Gasteiger charge is 2.45. The van der Waals surface area contributed by atoms with Gasteiger partial charge in [-0.15, -0.1) is 0 Å². The highest BCUT2D eigenvalue weighted by atomic mass is 16.5. The van der Waals surface area contributed by atoms with Gasteiger partial charge in [0.25, 0.3) is 0 Å². The van der Waals surface area contributed by atoms with E-state index in [1.165, 1.54) is 24.3 Å². The fraction of sp³-hybridized carbons (Fsp3) is 0.400. The standard InChI is InChI=1S/C15H19NO6/c1-9(17)15(21,22)14(16(10(2)18)11(3)19)8-12-4-6-13(20)7-5-12/h4-7,14,20-22H,8H2,1-3H3/t14-/m0/s1. The molecule has 7 nitrogen and oxygen atoms in total. The Bertz CT molecular complexity index is 564. The van der Waals surface area contributed by atoms with Gasteiger partial charge in [0, 0.05) is 20.8 Å². The third-order valence-corrected chi connectivity index (χ3v) is 3.34. The summed E-state index contributed by atoms with van der Waals surface area (Å²) in [7, 11) is 0. The number of amides is 2. The molecule has 22 heavy (non-hydrogen) atoms. The van der Waals surface area contributed by atoms with Crippen LogP contribution < -0.4 is 0 Å². The van der Waals surface area contributed by atoms with Crippen molar-refractivity contribution in [2.24, 2.45) is 0 Å². The number of Topliss-reactive ketones (excluding diaryl/α,β-unsaturated/α-hetero) is 1. The predicted octanol–water partition coefficient (Wildman–Crippen LogP) is -0.0318. The number of carbonyl (C=O) groups is 3. The van der Waals surface area contributed by atoms with Crippen LogP contribution in [0.15, 0.2) is 24.3 Å². The third kappa shape index (κ3) is 3.90. The molecule has 0 aliphatic carbocycles. The lowest BCUT2D eigenvalue weighted by Crippen LogP contribution is -2.60. The lowest BCUT2D eigenvalue weighted by Gasteiger charge is -2.36. The van der Waals surface area contributed by atoms with Gasteiger partial charge >= 0.3 is 0 Å². The second kappa shape index (κ2) is 6.67. The first-order valence-electron chi connectivity index (χ1n) is 6.61. The van der Waals surface area contributed by atoms with Gasteiger partial charge < -0.3 is 15.3 Å². The van der Waals surface area contributed by atoms with Gasteiger partial charge in [0.1, 0.15) is 11.8 Å². The molecule has 2 amide bonds. The molecule has 0 unspecified atom stereocenters. The van der Waals surface area contributed by atoms with Crippen molar-refractivity contribution in [1.29, 1.82) is 0 Å². The molecule has 120 valence electrons. The molecule has 0 saturated carbocycles. The van der Waals surface area contributed by atoms with E-state index in [0.29, 0.717) is 10.5 Å². The molecule has 0 radical (unpaired) electrons. The molecular formula is C15H19NO6. The number of nitrogens with zero attached hydrogens (tertiary/aromatic N) is 1. The Morgan fingerprint density at radius 2 is 1.50 bits per heavy atom. The Morgan fingerprint density at radius 3 is 1.86 bits per heavy atom. The molecule has 1 rings (SSSR count). The minimum atomic E-state index is -2.87. The molecule has 1 aromatic rings. The van der Waals surface area contributed by atoms with Gasteiger partial charge in [-0.2, -0.15) is 0 Å². The van der Waals surface area contributed by atoms with Crippen LogP contribution in [-0.4, -0.2) is 49.6 Å². The number of phenolic OH excluding ortho intramolecular Hbond substituents is 1. The monoisotopic (exact) mass is 309 g/mol. The van der Waals surface area contributed by atoms with Crippen LogP contribution in [-0.2, 0) is 20.8 Å². The van der Waals surface area contributed by atoms with Crippen molar-refractivity contribution in [3.8, 4) is 5.75 Å². The number of benzene rings is 1. The second-order valence-electron chi connectivity index (χ2n) is 5.08. The topological polar surface area (TPSA) is 115 Å². The van der Waals surface area contributed by atoms with E-state index in [4.69, 9.17) is 0 Å². The summed E-state index contributed by atoms with van der Waals surface area (Å²) in [5.74, 6) is -5.24. The highest BCUT2D eigenvalue weighted by Crippen LogP contribution is 2.22. The summed E-state index contributed by atoms with van der Waals surface area (Å²) in [6.45, 7) is 3.16. The molecule has 0 bridgehead atoms. The van der Waals surface area contributed by atoms with Gasteiger partial charge in [0.05, 0.1) is 0 Å². The quantitative estimate of drug-likeness (QED) is 0.658. The Balaban J connectivity index is 3.27. The summed E-state index contributed by atoms with van der Waals surface area (Å²) in [6.07, 6.45) is -0.147. The maximum atomic E-state index is 11.7. The molecule has 0 aromatic heterocycles. The van der Waals surface area contributed by atoms with Crippen LogP contribution in [0.1, 0.15) is 26.3 Å². The maximum Gasteiger partial charge on any atom is 0.245 e. The summed E-state index contributed by atoms with van der Waals surface area (Å²) in [4.78, 5) is 35.5. The Morgan fingerprint density at radius 1 is 1.05 bits per heavy atom. The summed E-state index contributed by atoms with van der Waals surface area (Å²) in [6, 6.07) is 4.28. The lowest BCUT2D eigenvalue weighted by atomic mass is 9.94. The molecule has 1 aromatic carbocycles. The molecule has 0 saturated heterocycles. The number of ketones is 1. The van der Waals surface area contributed by atoms with E-state index in [1.807, 2.05) is 0 Å². The number of aromatic hydroxyl groups is 1. The third-order valence-electron chi connectivity index (χ3n) is 3.34. The Hall–Kier alpha value is -2.25. The largest absolute Gasteiger partial charge is 0.508 e. The van der Waals surface area contributed by atoms with Crippen LogP contribution in [0, 0.1) is 0 Å². The summed E-state index contributed by atoms with van der Waals surface area (Å²) in [5.41, 5.74) is 0.518. The van der Waals surface area contributed by atoms with Crippen molar-refractivity contribution in [3.63, 3.8) is 0 Å². The predicted molar refractivity (Wildman–Crippen MR) is 76.6 cm³/mol. The van der Waals surface area contributed by atoms with E-state index in [-0.39, 0.29) is 12.2 Å². The SMILES string of the molecule is CC(=O)N(C(C)=O)[C@@H](Cc1ccc(O)cc1)C(O)(O)C(C)=O. The molecule has 7 heteroatoms. The van der Waals surface area contributed by atoms with Crippen molar-refractivity contribution >= 4 is 17.6 Å². The average Bonchev–Trinajstić information content (AvgIpc) is 2.39. The van der Waals surface area contributed by atoms with E-state index in [2.05, 4.69) is 0 Å². The number of phenols is 1. The molecular weight excluding hydrogens is 290 g/mol. The van der Waals surface area contributed by atoms with Crippen molar-refractivity contribution in [1.82, 2.24) is 4.90 Å². The first-order valence-corrected chi connectivity index (χ1v) is 6.61. The van der Waals surface area contributed by atoms with Crippen molar-refractivity contribution in [2.45, 2.75) is 39.0 Å². The van der Waals surface area contributed by atoms with Crippen LogP contribution in [0.25, 0.3) is 0 Å². The fourth-order valence-electron chi connectivity index (χ4n) is 2.16. The van der Waals surface area contributed by atoms with Crippen molar-refractivity contribution in [2.75, 3.05) is 0 Å². The van der Waals surface area contributed by atoms with Crippen LogP contribution in [0.5, 0.6) is 5.75 Å². The molecule has 1 atom stereocenters. The van der Waals surface area contributed by atoms with Gasteiger partial charge in [-0.25, -0.2) is 0 Å². The molecule has 0 aliphatic heterocycles. The van der Waals surface area contributed by atoms with E-state index in [0.717, 1.165) is 20.8 Å². The van der Waals surface area contributed by atoms with E-state index in [1.54, 1.807) is 0 Å². The van der Waals surface area contributed by atoms with Crippen LogP contribution in [0.2, 0.25) is 0 Å². The fourth-order valence-corrected chi connectivity index (χ4v) is 2.16. The van der Waals surface area contributed by atoms with E-state index >= 15 is 0 Å². The zero-order valence-electron chi connectivity index (χ0n) is 12.6. The maximum absolute atomic E-state index is 11.7. The van der Waals surface area contributed by atoms with Gasteiger partial charge in [-0.3, -0.25) is 19.3 Å². The van der Waals surface area contributed by atoms with Gasteiger partial charge in [0.2, 0.25) is 17.6 Å². The summed E-state index contributed by atoms with van der Waals surface area (Å²) >= 11 is 0. The highest BCUT2D eigenvalue weighted by molar-refractivity contribution is 5.95. The number of imide groups is 1. The smallest absolute Gasteiger partial charge is 0.245 e. The number of aliphatic hydroxyl groups is 2. The number of hydrogen-bond donors (Lipinski definition) is 3. The zero-order chi connectivity index (χ0) is 17.1. The molecule has 0 heterocycles.